The molecule has 0 aliphatic heterocycles. The van der Waals surface area contributed by atoms with E-state index in [1.165, 1.54) is 0 Å². The lowest BCUT2D eigenvalue weighted by Gasteiger charge is -2.06. The van der Waals surface area contributed by atoms with E-state index in [2.05, 4.69) is 15.5 Å². The highest BCUT2D eigenvalue weighted by atomic mass is 16.3. The van der Waals surface area contributed by atoms with Crippen molar-refractivity contribution in [3.8, 4) is 0 Å². The Kier molecular flexibility index (Phi) is 4.52. The molecule has 0 bridgehead atoms. The van der Waals surface area contributed by atoms with Gasteiger partial charge in [-0.15, -0.1) is 0 Å². The number of aryl methyl sites for hydroxylation is 1. The van der Waals surface area contributed by atoms with E-state index in [4.69, 9.17) is 4.42 Å². The number of fused-ring (bicyclic) bond motifs is 1. The zero-order valence-corrected chi connectivity index (χ0v) is 13.5. The topological polar surface area (TPSA) is 67.5 Å². The van der Waals surface area contributed by atoms with Crippen molar-refractivity contribution in [2.24, 2.45) is 5.10 Å². The number of para-hydroxylation sites is 1. The normalized spacial score (nSPS) is 12.0. The summed E-state index contributed by atoms with van der Waals surface area (Å²) in [7, 11) is 0. The summed E-state index contributed by atoms with van der Waals surface area (Å²) in [6, 6.07) is 13.2. The van der Waals surface area contributed by atoms with Gasteiger partial charge < -0.3 is 4.42 Å². The second-order valence-corrected chi connectivity index (χ2v) is 5.42. The number of benzene rings is 1. The van der Waals surface area contributed by atoms with E-state index in [0.29, 0.717) is 11.3 Å². The van der Waals surface area contributed by atoms with Crippen LogP contribution in [0.1, 0.15) is 28.7 Å². The number of aromatic nitrogens is 1. The van der Waals surface area contributed by atoms with Gasteiger partial charge in [-0.25, -0.2) is 5.43 Å². The summed E-state index contributed by atoms with van der Waals surface area (Å²) in [4.78, 5) is 16.8. The van der Waals surface area contributed by atoms with Crippen molar-refractivity contribution in [3.05, 3.63) is 71.3 Å². The lowest BCUT2D eigenvalue weighted by molar-refractivity contribution is 0.0954. The molecular formula is C19H17N3O2. The smallest absolute Gasteiger partial charge is 0.273 e. The van der Waals surface area contributed by atoms with Crippen LogP contribution in [0.15, 0.2) is 63.8 Å². The molecule has 3 rings (SSSR count). The Morgan fingerprint density at radius 2 is 2.08 bits per heavy atom. The van der Waals surface area contributed by atoms with Crippen molar-refractivity contribution in [2.75, 3.05) is 0 Å². The van der Waals surface area contributed by atoms with E-state index < -0.39 is 0 Å². The van der Waals surface area contributed by atoms with E-state index in [1.807, 2.05) is 62.4 Å². The Balaban J connectivity index is 1.73. The average Bonchev–Trinajstić information content (AvgIpc) is 3.07. The number of pyridine rings is 1. The number of amides is 1. The molecule has 0 atom stereocenters. The Morgan fingerprint density at radius 3 is 2.88 bits per heavy atom. The van der Waals surface area contributed by atoms with Crippen molar-refractivity contribution in [3.63, 3.8) is 0 Å². The van der Waals surface area contributed by atoms with Crippen LogP contribution < -0.4 is 5.43 Å². The number of rotatable bonds is 4. The van der Waals surface area contributed by atoms with E-state index in [1.54, 1.807) is 12.5 Å². The molecule has 0 aliphatic rings. The zero-order chi connectivity index (χ0) is 16.9. The Morgan fingerprint density at radius 1 is 1.25 bits per heavy atom. The number of allylic oxidation sites excluding steroid dienone is 1. The molecule has 0 unspecified atom stereocenters. The fraction of sp³-hybridized carbons (Fsp3) is 0.105. The van der Waals surface area contributed by atoms with Gasteiger partial charge in [0.15, 0.2) is 0 Å². The number of carbonyl (C=O) groups excluding carboxylic acids is 1. The van der Waals surface area contributed by atoms with Crippen LogP contribution in [0.25, 0.3) is 17.0 Å². The zero-order valence-electron chi connectivity index (χ0n) is 13.5. The second kappa shape index (κ2) is 6.91. The number of hydrogen-bond donors (Lipinski definition) is 1. The minimum Gasteiger partial charge on any atom is -0.465 e. The highest BCUT2D eigenvalue weighted by molar-refractivity contribution is 5.99. The molecule has 1 N–H and O–H groups in total. The Labute approximate surface area is 139 Å². The number of furan rings is 1. The van der Waals surface area contributed by atoms with Gasteiger partial charge in [0, 0.05) is 5.39 Å². The van der Waals surface area contributed by atoms with Gasteiger partial charge in [-0.1, -0.05) is 18.2 Å². The lowest BCUT2D eigenvalue weighted by Crippen LogP contribution is -2.19. The quantitative estimate of drug-likeness (QED) is 0.585. The first-order chi connectivity index (χ1) is 11.6. The summed E-state index contributed by atoms with van der Waals surface area (Å²) < 4.78 is 5.22. The molecule has 0 spiro atoms. The molecule has 120 valence electrons. The van der Waals surface area contributed by atoms with E-state index in [9.17, 15) is 4.79 Å². The first kappa shape index (κ1) is 15.7. The largest absolute Gasteiger partial charge is 0.465 e. The highest BCUT2D eigenvalue weighted by Crippen LogP contribution is 2.16. The second-order valence-electron chi connectivity index (χ2n) is 5.42. The third kappa shape index (κ3) is 3.57. The number of carbonyl (C=O) groups is 1. The van der Waals surface area contributed by atoms with Crippen molar-refractivity contribution in [1.29, 1.82) is 0 Å². The van der Waals surface area contributed by atoms with Crippen LogP contribution in [0.4, 0.5) is 0 Å². The van der Waals surface area contributed by atoms with Gasteiger partial charge in [0.05, 0.1) is 29.3 Å². The maximum Gasteiger partial charge on any atom is 0.273 e. The fourth-order valence-electron chi connectivity index (χ4n) is 2.33. The first-order valence-corrected chi connectivity index (χ1v) is 7.55. The molecule has 0 saturated carbocycles. The van der Waals surface area contributed by atoms with Gasteiger partial charge in [-0.3, -0.25) is 9.78 Å². The Bertz CT molecular complexity index is 925. The molecule has 5 heteroatoms. The summed E-state index contributed by atoms with van der Waals surface area (Å²) in [5.41, 5.74) is 5.44. The average molecular weight is 319 g/mol. The van der Waals surface area contributed by atoms with Crippen LogP contribution >= 0.6 is 0 Å². The lowest BCUT2D eigenvalue weighted by atomic mass is 10.1. The molecule has 0 fully saturated rings. The molecule has 5 nitrogen and oxygen atoms in total. The van der Waals surface area contributed by atoms with Gasteiger partial charge in [-0.2, -0.15) is 5.10 Å². The van der Waals surface area contributed by atoms with Crippen LogP contribution in [0.2, 0.25) is 0 Å². The monoisotopic (exact) mass is 319 g/mol. The molecule has 0 radical (unpaired) electrons. The molecule has 24 heavy (non-hydrogen) atoms. The Hall–Kier alpha value is -3.21. The van der Waals surface area contributed by atoms with Gasteiger partial charge in [-0.05, 0) is 49.8 Å². The van der Waals surface area contributed by atoms with Crippen LogP contribution in [0, 0.1) is 6.92 Å². The van der Waals surface area contributed by atoms with Crippen LogP contribution in [-0.2, 0) is 0 Å². The predicted octanol–water partition coefficient (Wildman–Crippen LogP) is 3.96. The first-order valence-electron chi connectivity index (χ1n) is 7.55. The van der Waals surface area contributed by atoms with Gasteiger partial charge >= 0.3 is 0 Å². The van der Waals surface area contributed by atoms with Crippen molar-refractivity contribution >= 4 is 29.1 Å². The third-order valence-electron chi connectivity index (χ3n) is 3.51. The molecule has 0 aliphatic carbocycles. The summed E-state index contributed by atoms with van der Waals surface area (Å²) in [5, 5.41) is 4.91. The molecule has 0 saturated heterocycles. The molecule has 1 aromatic carbocycles. The number of nitrogens with one attached hydrogen (secondary N) is 1. The fourth-order valence-corrected chi connectivity index (χ4v) is 2.33. The third-order valence-corrected chi connectivity index (χ3v) is 3.51. The minimum atomic E-state index is -0.284. The van der Waals surface area contributed by atoms with E-state index in [-0.39, 0.29) is 5.91 Å². The highest BCUT2D eigenvalue weighted by Gasteiger charge is 2.10. The number of nitrogens with zero attached hydrogens (tertiary/aromatic N) is 2. The van der Waals surface area contributed by atoms with Crippen molar-refractivity contribution in [2.45, 2.75) is 13.8 Å². The molecule has 2 aromatic heterocycles. The molecule has 3 aromatic rings. The van der Waals surface area contributed by atoms with E-state index in [0.717, 1.165) is 22.2 Å². The van der Waals surface area contributed by atoms with Crippen LogP contribution in [-0.4, -0.2) is 17.1 Å². The standard InChI is InChI=1S/C19H17N3O2/c1-13(10-16-7-5-9-24-16)12-20-22-19(23)17-11-15-6-3-4-8-18(15)21-14(17)2/h3-12H,1-2H3,(H,22,23). The maximum absolute atomic E-state index is 12.3. The van der Waals surface area contributed by atoms with Gasteiger partial charge in [0.25, 0.3) is 5.91 Å². The van der Waals surface area contributed by atoms with E-state index >= 15 is 0 Å². The van der Waals surface area contributed by atoms with Crippen LogP contribution in [0.5, 0.6) is 0 Å². The summed E-state index contributed by atoms with van der Waals surface area (Å²) in [5.74, 6) is 0.452. The molecular weight excluding hydrogens is 302 g/mol. The molecule has 1 amide bonds. The predicted molar refractivity (Wildman–Crippen MR) is 94.8 cm³/mol. The maximum atomic E-state index is 12.3. The molecule has 2 heterocycles. The van der Waals surface area contributed by atoms with Crippen molar-refractivity contribution in [1.82, 2.24) is 10.4 Å². The minimum absolute atomic E-state index is 0.284. The SMILES string of the molecule is CC(C=NNC(=O)c1cc2ccccc2nc1C)=Cc1ccco1. The summed E-state index contributed by atoms with van der Waals surface area (Å²) in [6.45, 7) is 3.69. The number of hydrogen-bond acceptors (Lipinski definition) is 4. The van der Waals surface area contributed by atoms with Gasteiger partial charge in [0.1, 0.15) is 5.76 Å². The van der Waals surface area contributed by atoms with Crippen LogP contribution in [0.3, 0.4) is 0 Å². The summed E-state index contributed by atoms with van der Waals surface area (Å²) >= 11 is 0. The summed E-state index contributed by atoms with van der Waals surface area (Å²) in [6.07, 6.45) is 5.01. The number of hydrazone groups is 1. The van der Waals surface area contributed by atoms with Gasteiger partial charge in [0.2, 0.25) is 0 Å². The van der Waals surface area contributed by atoms with Crippen molar-refractivity contribution < 1.29 is 9.21 Å².